The summed E-state index contributed by atoms with van der Waals surface area (Å²) in [6, 6.07) is 13.3. The van der Waals surface area contributed by atoms with Crippen LogP contribution in [0.15, 0.2) is 54.9 Å². The summed E-state index contributed by atoms with van der Waals surface area (Å²) in [6.45, 7) is 0.344. The molecule has 6 rings (SSSR count). The van der Waals surface area contributed by atoms with Crippen molar-refractivity contribution < 1.29 is 14.4 Å². The second-order valence-corrected chi connectivity index (χ2v) is 8.55. The molecule has 4 heterocycles. The molecule has 0 saturated carbocycles. The van der Waals surface area contributed by atoms with Gasteiger partial charge in [0.05, 0.1) is 11.9 Å². The summed E-state index contributed by atoms with van der Waals surface area (Å²) in [6.07, 6.45) is 4.43. The molecule has 2 aliphatic heterocycles. The molecule has 2 aromatic heterocycles. The first-order valence-electron chi connectivity index (χ1n) is 10.9. The summed E-state index contributed by atoms with van der Waals surface area (Å²) in [5, 5.41) is 7.97. The number of nitrogens with one attached hydrogen (secondary N) is 2. The third kappa shape index (κ3) is 2.98. The number of aryl methyl sites for hydroxylation is 1. The number of aromatic nitrogens is 3. The largest absolute Gasteiger partial charge is 0.360 e. The number of para-hydroxylation sites is 1. The molecular weight excluding hydrogens is 418 g/mol. The zero-order valence-electron chi connectivity index (χ0n) is 18.0. The van der Waals surface area contributed by atoms with Gasteiger partial charge in [-0.25, -0.2) is 0 Å². The van der Waals surface area contributed by atoms with E-state index in [9.17, 15) is 14.4 Å². The number of rotatable bonds is 3. The van der Waals surface area contributed by atoms with Gasteiger partial charge in [-0.05, 0) is 35.7 Å². The number of amides is 3. The van der Waals surface area contributed by atoms with Crippen LogP contribution < -0.4 is 5.32 Å². The van der Waals surface area contributed by atoms with E-state index in [-0.39, 0.29) is 18.2 Å². The average molecular weight is 439 g/mol. The maximum absolute atomic E-state index is 13.0. The summed E-state index contributed by atoms with van der Waals surface area (Å²) < 4.78 is 1.86. The average Bonchev–Trinajstić information content (AvgIpc) is 3.49. The first-order valence-corrected chi connectivity index (χ1v) is 10.9. The summed E-state index contributed by atoms with van der Waals surface area (Å²) >= 11 is 0. The van der Waals surface area contributed by atoms with E-state index in [4.69, 9.17) is 0 Å². The molecule has 164 valence electrons. The van der Waals surface area contributed by atoms with Crippen LogP contribution in [0.4, 0.5) is 0 Å². The van der Waals surface area contributed by atoms with Crippen molar-refractivity contribution in [3.05, 3.63) is 66.0 Å². The van der Waals surface area contributed by atoms with Gasteiger partial charge in [0.1, 0.15) is 6.04 Å². The zero-order valence-corrected chi connectivity index (χ0v) is 18.0. The van der Waals surface area contributed by atoms with E-state index in [0.29, 0.717) is 18.5 Å². The first kappa shape index (κ1) is 19.5. The minimum atomic E-state index is -0.619. The topological polar surface area (TPSA) is 100 Å². The van der Waals surface area contributed by atoms with Crippen LogP contribution in [-0.4, -0.2) is 43.4 Å². The van der Waals surface area contributed by atoms with Gasteiger partial charge in [0.2, 0.25) is 11.8 Å². The normalized spacial score (nSPS) is 18.2. The molecule has 2 aromatic carbocycles. The lowest BCUT2D eigenvalue weighted by Gasteiger charge is -2.29. The Labute approximate surface area is 189 Å². The minimum Gasteiger partial charge on any atom is -0.360 e. The molecule has 0 bridgehead atoms. The number of imide groups is 1. The molecule has 1 atom stereocenters. The van der Waals surface area contributed by atoms with E-state index >= 15 is 0 Å². The second kappa shape index (κ2) is 7.16. The fourth-order valence-corrected chi connectivity index (χ4v) is 4.98. The number of benzene rings is 2. The highest BCUT2D eigenvalue weighted by Crippen LogP contribution is 2.38. The fourth-order valence-electron chi connectivity index (χ4n) is 4.98. The maximum Gasteiger partial charge on any atom is 0.255 e. The number of hydrogen-bond acceptors (Lipinski definition) is 4. The van der Waals surface area contributed by atoms with E-state index in [1.807, 2.05) is 60.5 Å². The number of nitrogens with zero attached hydrogens (tertiary/aromatic N) is 3. The molecule has 1 saturated heterocycles. The molecule has 0 aliphatic carbocycles. The van der Waals surface area contributed by atoms with E-state index in [2.05, 4.69) is 21.5 Å². The summed E-state index contributed by atoms with van der Waals surface area (Å²) in [7, 11) is 1.92. The highest BCUT2D eigenvalue weighted by Gasteiger charge is 2.39. The number of carbonyl (C=O) groups excluding carboxylic acids is 3. The van der Waals surface area contributed by atoms with Crippen molar-refractivity contribution in [3.63, 3.8) is 0 Å². The third-order valence-corrected chi connectivity index (χ3v) is 6.62. The predicted octanol–water partition coefficient (Wildman–Crippen LogP) is 3.00. The molecule has 3 amide bonds. The van der Waals surface area contributed by atoms with Crippen LogP contribution in [0.1, 0.15) is 28.8 Å². The number of piperidine rings is 1. The molecular formula is C25H21N5O3. The predicted molar refractivity (Wildman–Crippen MR) is 122 cm³/mol. The monoisotopic (exact) mass is 439 g/mol. The summed E-state index contributed by atoms with van der Waals surface area (Å²) in [4.78, 5) is 41.7. The van der Waals surface area contributed by atoms with E-state index in [0.717, 1.165) is 38.9 Å². The number of hydrogen-bond donors (Lipinski definition) is 2. The highest BCUT2D eigenvalue weighted by molar-refractivity contribution is 6.06. The molecule has 1 unspecified atom stereocenters. The maximum atomic E-state index is 13.0. The van der Waals surface area contributed by atoms with Crippen LogP contribution in [-0.2, 0) is 23.2 Å². The first-order chi connectivity index (χ1) is 16.0. The Balaban J connectivity index is 1.38. The standard InChI is InChI=1S/C25H21N5O3/c1-29-23(19-11-26-20-5-3-2-4-17(19)20)18(12-27-29)14-6-7-16-15(10-14)13-30(25(16)33)21-8-9-22(31)28-24(21)32/h2-7,10-12,21,26H,8-9,13H2,1H3,(H,28,31,32). The Morgan fingerprint density at radius 3 is 2.73 bits per heavy atom. The minimum absolute atomic E-state index is 0.172. The van der Waals surface area contributed by atoms with Crippen molar-refractivity contribution in [2.45, 2.75) is 25.4 Å². The number of fused-ring (bicyclic) bond motifs is 2. The number of H-pyrrole nitrogens is 1. The van der Waals surface area contributed by atoms with Gasteiger partial charge in [-0.3, -0.25) is 24.4 Å². The molecule has 0 radical (unpaired) electrons. The molecule has 4 aromatic rings. The molecule has 2 aliphatic rings. The van der Waals surface area contributed by atoms with Crippen LogP contribution in [0.5, 0.6) is 0 Å². The Kier molecular flexibility index (Phi) is 4.23. The van der Waals surface area contributed by atoms with Crippen molar-refractivity contribution in [1.29, 1.82) is 0 Å². The Morgan fingerprint density at radius 1 is 1.03 bits per heavy atom. The van der Waals surface area contributed by atoms with Crippen LogP contribution in [0.3, 0.4) is 0 Å². The molecule has 33 heavy (non-hydrogen) atoms. The SMILES string of the molecule is Cn1ncc(-c2ccc3c(c2)CN(C2CCC(=O)NC2=O)C3=O)c1-c1c[nH]c2ccccc12. The van der Waals surface area contributed by atoms with Crippen molar-refractivity contribution in [1.82, 2.24) is 25.0 Å². The quantitative estimate of drug-likeness (QED) is 0.479. The van der Waals surface area contributed by atoms with Crippen molar-refractivity contribution in [3.8, 4) is 22.4 Å². The van der Waals surface area contributed by atoms with Crippen LogP contribution >= 0.6 is 0 Å². The van der Waals surface area contributed by atoms with Crippen LogP contribution in [0, 0.1) is 0 Å². The summed E-state index contributed by atoms with van der Waals surface area (Å²) in [5.41, 5.74) is 6.49. The fraction of sp³-hybridized carbons (Fsp3) is 0.200. The van der Waals surface area contributed by atoms with Gasteiger partial charge in [-0.15, -0.1) is 0 Å². The van der Waals surface area contributed by atoms with E-state index in [1.165, 1.54) is 0 Å². The van der Waals surface area contributed by atoms with Gasteiger partial charge in [-0.1, -0.05) is 24.3 Å². The second-order valence-electron chi connectivity index (χ2n) is 8.55. The van der Waals surface area contributed by atoms with Gasteiger partial charge in [0, 0.05) is 53.8 Å². The van der Waals surface area contributed by atoms with E-state index < -0.39 is 11.9 Å². The Hall–Kier alpha value is -4.20. The Morgan fingerprint density at radius 2 is 1.88 bits per heavy atom. The zero-order chi connectivity index (χ0) is 22.7. The van der Waals surface area contributed by atoms with Gasteiger partial charge in [0.25, 0.3) is 5.91 Å². The van der Waals surface area contributed by atoms with Crippen molar-refractivity contribution >= 4 is 28.6 Å². The molecule has 8 heteroatoms. The molecule has 8 nitrogen and oxygen atoms in total. The van der Waals surface area contributed by atoms with Crippen LogP contribution in [0.2, 0.25) is 0 Å². The number of aromatic amines is 1. The van der Waals surface area contributed by atoms with E-state index in [1.54, 1.807) is 4.90 Å². The lowest BCUT2D eigenvalue weighted by Crippen LogP contribution is -2.52. The summed E-state index contributed by atoms with van der Waals surface area (Å²) in [5.74, 6) is -0.861. The lowest BCUT2D eigenvalue weighted by molar-refractivity contribution is -0.136. The van der Waals surface area contributed by atoms with Crippen molar-refractivity contribution in [2.75, 3.05) is 0 Å². The molecule has 2 N–H and O–H groups in total. The van der Waals surface area contributed by atoms with Gasteiger partial charge in [-0.2, -0.15) is 5.10 Å². The van der Waals surface area contributed by atoms with Gasteiger partial charge >= 0.3 is 0 Å². The van der Waals surface area contributed by atoms with Gasteiger partial charge in [0.15, 0.2) is 0 Å². The molecule has 0 spiro atoms. The van der Waals surface area contributed by atoms with Gasteiger partial charge < -0.3 is 9.88 Å². The lowest BCUT2D eigenvalue weighted by atomic mass is 9.98. The molecule has 1 fully saturated rings. The van der Waals surface area contributed by atoms with Crippen LogP contribution in [0.25, 0.3) is 33.3 Å². The van der Waals surface area contributed by atoms with Crippen molar-refractivity contribution in [2.24, 2.45) is 7.05 Å². The third-order valence-electron chi connectivity index (χ3n) is 6.62. The Bertz CT molecular complexity index is 1460. The smallest absolute Gasteiger partial charge is 0.255 e. The number of carbonyl (C=O) groups is 3. The highest BCUT2D eigenvalue weighted by atomic mass is 16.2.